The summed E-state index contributed by atoms with van der Waals surface area (Å²) >= 11 is 0. The van der Waals surface area contributed by atoms with Gasteiger partial charge in [0.25, 0.3) is 0 Å². The third-order valence-corrected chi connectivity index (χ3v) is 3.46. The third kappa shape index (κ3) is 3.95. The first-order valence-corrected chi connectivity index (χ1v) is 7.41. The summed E-state index contributed by atoms with van der Waals surface area (Å²) in [5, 5.41) is 0. The summed E-state index contributed by atoms with van der Waals surface area (Å²) in [4.78, 5) is 24.2. The fourth-order valence-electron chi connectivity index (χ4n) is 2.27. The number of hydrogen-bond donors (Lipinski definition) is 0. The van der Waals surface area contributed by atoms with Crippen LogP contribution in [0.3, 0.4) is 0 Å². The molecule has 3 rings (SSSR count). The Bertz CT molecular complexity index is 899. The molecule has 0 aliphatic heterocycles. The van der Waals surface area contributed by atoms with Crippen molar-refractivity contribution < 1.29 is 23.1 Å². The number of ether oxygens (including phenoxy) is 1. The van der Waals surface area contributed by atoms with Gasteiger partial charge >= 0.3 is 5.97 Å². The van der Waals surface area contributed by atoms with Gasteiger partial charge in [-0.15, -0.1) is 0 Å². The highest BCUT2D eigenvalue weighted by atomic mass is 19.1. The van der Waals surface area contributed by atoms with Crippen molar-refractivity contribution in [3.8, 4) is 5.75 Å². The van der Waals surface area contributed by atoms with Gasteiger partial charge < -0.3 is 4.74 Å². The molecule has 5 heteroatoms. The second-order valence-corrected chi connectivity index (χ2v) is 5.27. The molecule has 0 aliphatic carbocycles. The molecule has 0 spiro atoms. The van der Waals surface area contributed by atoms with Crippen LogP contribution in [0.5, 0.6) is 5.75 Å². The van der Waals surface area contributed by atoms with Crippen LogP contribution in [0.1, 0.15) is 26.3 Å². The summed E-state index contributed by atoms with van der Waals surface area (Å²) in [7, 11) is 0. The summed E-state index contributed by atoms with van der Waals surface area (Å²) in [6, 6.07) is 17.1. The van der Waals surface area contributed by atoms with Crippen LogP contribution in [0.4, 0.5) is 8.78 Å². The van der Waals surface area contributed by atoms with E-state index in [-0.39, 0.29) is 17.1 Å². The number of halogens is 2. The molecule has 3 aromatic carbocycles. The van der Waals surface area contributed by atoms with Crippen molar-refractivity contribution in [2.24, 2.45) is 0 Å². The standard InChI is InChI=1S/C20H12F2O3/c21-16-10-15(11-17(22)12-16)20(24)25-18-8-6-14(7-9-18)19(23)13-4-2-1-3-5-13/h1-12H. The average Bonchev–Trinajstić information content (AvgIpc) is 2.61. The number of benzene rings is 3. The minimum absolute atomic E-state index is 0.161. The van der Waals surface area contributed by atoms with E-state index < -0.39 is 17.6 Å². The van der Waals surface area contributed by atoms with Crippen molar-refractivity contribution >= 4 is 11.8 Å². The molecule has 0 atom stereocenters. The van der Waals surface area contributed by atoms with Crippen LogP contribution >= 0.6 is 0 Å². The highest BCUT2D eigenvalue weighted by molar-refractivity contribution is 6.09. The molecule has 25 heavy (non-hydrogen) atoms. The fraction of sp³-hybridized carbons (Fsp3) is 0. The number of ketones is 1. The van der Waals surface area contributed by atoms with Crippen LogP contribution < -0.4 is 4.74 Å². The Morgan fingerprint density at radius 1 is 0.680 bits per heavy atom. The monoisotopic (exact) mass is 338 g/mol. The first-order valence-electron chi connectivity index (χ1n) is 7.41. The Morgan fingerprint density at radius 3 is 1.84 bits per heavy atom. The molecule has 3 nitrogen and oxygen atoms in total. The Kier molecular flexibility index (Phi) is 4.66. The Labute approximate surface area is 142 Å². The zero-order chi connectivity index (χ0) is 17.8. The van der Waals surface area contributed by atoms with Gasteiger partial charge in [-0.05, 0) is 36.4 Å². The van der Waals surface area contributed by atoms with Crippen molar-refractivity contribution in [2.75, 3.05) is 0 Å². The maximum absolute atomic E-state index is 13.1. The first-order chi connectivity index (χ1) is 12.0. The summed E-state index contributed by atoms with van der Waals surface area (Å²) in [5.41, 5.74) is 0.743. The van der Waals surface area contributed by atoms with Crippen molar-refractivity contribution in [3.05, 3.63) is 101 Å². The van der Waals surface area contributed by atoms with Crippen LogP contribution in [0, 0.1) is 11.6 Å². The van der Waals surface area contributed by atoms with E-state index in [4.69, 9.17) is 4.74 Å². The van der Waals surface area contributed by atoms with E-state index in [1.54, 1.807) is 24.3 Å². The number of esters is 1. The largest absolute Gasteiger partial charge is 0.423 e. The Morgan fingerprint density at radius 2 is 1.24 bits per heavy atom. The fourth-order valence-corrected chi connectivity index (χ4v) is 2.27. The maximum Gasteiger partial charge on any atom is 0.343 e. The van der Waals surface area contributed by atoms with Crippen molar-refractivity contribution in [3.63, 3.8) is 0 Å². The lowest BCUT2D eigenvalue weighted by Crippen LogP contribution is -2.09. The second-order valence-electron chi connectivity index (χ2n) is 5.27. The maximum atomic E-state index is 13.1. The molecule has 3 aromatic rings. The molecule has 0 aromatic heterocycles. The van der Waals surface area contributed by atoms with Crippen LogP contribution in [0.25, 0.3) is 0 Å². The quantitative estimate of drug-likeness (QED) is 0.402. The molecule has 0 heterocycles. The zero-order valence-electron chi connectivity index (χ0n) is 12.9. The molecular formula is C20H12F2O3. The molecule has 0 saturated heterocycles. The van der Waals surface area contributed by atoms with Gasteiger partial charge in [0.05, 0.1) is 5.56 Å². The van der Waals surface area contributed by atoms with E-state index in [1.165, 1.54) is 24.3 Å². The van der Waals surface area contributed by atoms with E-state index >= 15 is 0 Å². The summed E-state index contributed by atoms with van der Waals surface area (Å²) in [6.07, 6.45) is 0. The number of hydrogen-bond acceptors (Lipinski definition) is 3. The smallest absolute Gasteiger partial charge is 0.343 e. The van der Waals surface area contributed by atoms with E-state index in [1.807, 2.05) is 6.07 Å². The highest BCUT2D eigenvalue weighted by Gasteiger charge is 2.13. The van der Waals surface area contributed by atoms with Gasteiger partial charge in [0.1, 0.15) is 17.4 Å². The SMILES string of the molecule is O=C(Oc1ccc(C(=O)c2ccccc2)cc1)c1cc(F)cc(F)c1. The third-order valence-electron chi connectivity index (χ3n) is 3.46. The molecule has 0 amide bonds. The average molecular weight is 338 g/mol. The van der Waals surface area contributed by atoms with Gasteiger partial charge in [-0.1, -0.05) is 30.3 Å². The molecule has 0 N–H and O–H groups in total. The lowest BCUT2D eigenvalue weighted by atomic mass is 10.0. The van der Waals surface area contributed by atoms with Crippen molar-refractivity contribution in [1.29, 1.82) is 0 Å². The van der Waals surface area contributed by atoms with Crippen molar-refractivity contribution in [1.82, 2.24) is 0 Å². The summed E-state index contributed by atoms with van der Waals surface area (Å²) < 4.78 is 31.4. The van der Waals surface area contributed by atoms with Gasteiger partial charge in [0, 0.05) is 17.2 Å². The highest BCUT2D eigenvalue weighted by Crippen LogP contribution is 2.17. The molecule has 0 fully saturated rings. The van der Waals surface area contributed by atoms with Crippen LogP contribution in [-0.2, 0) is 0 Å². The first kappa shape index (κ1) is 16.5. The van der Waals surface area contributed by atoms with Gasteiger partial charge in [-0.2, -0.15) is 0 Å². The predicted molar refractivity (Wildman–Crippen MR) is 87.6 cm³/mol. The molecule has 0 aliphatic rings. The molecule has 0 unspecified atom stereocenters. The van der Waals surface area contributed by atoms with Crippen LogP contribution in [0.15, 0.2) is 72.8 Å². The molecule has 0 radical (unpaired) electrons. The van der Waals surface area contributed by atoms with Gasteiger partial charge in [-0.3, -0.25) is 4.79 Å². The minimum atomic E-state index is -0.888. The van der Waals surface area contributed by atoms with E-state index in [2.05, 4.69) is 0 Å². The van der Waals surface area contributed by atoms with E-state index in [9.17, 15) is 18.4 Å². The lowest BCUT2D eigenvalue weighted by Gasteiger charge is -2.06. The summed E-state index contributed by atoms with van der Waals surface area (Å²) in [5.74, 6) is -2.61. The van der Waals surface area contributed by atoms with E-state index in [0.29, 0.717) is 17.2 Å². The zero-order valence-corrected chi connectivity index (χ0v) is 12.9. The lowest BCUT2D eigenvalue weighted by molar-refractivity contribution is 0.0733. The van der Waals surface area contributed by atoms with Gasteiger partial charge in [-0.25, -0.2) is 13.6 Å². The number of rotatable bonds is 4. The molecular weight excluding hydrogens is 326 g/mol. The Hall–Kier alpha value is -3.34. The van der Waals surface area contributed by atoms with Crippen molar-refractivity contribution in [2.45, 2.75) is 0 Å². The topological polar surface area (TPSA) is 43.4 Å². The Balaban J connectivity index is 1.74. The number of carbonyl (C=O) groups is 2. The van der Waals surface area contributed by atoms with Crippen LogP contribution in [-0.4, -0.2) is 11.8 Å². The number of carbonyl (C=O) groups excluding carboxylic acids is 2. The second kappa shape index (κ2) is 7.05. The predicted octanol–water partition coefficient (Wildman–Crippen LogP) is 4.42. The minimum Gasteiger partial charge on any atom is -0.423 e. The normalized spacial score (nSPS) is 10.3. The van der Waals surface area contributed by atoms with Gasteiger partial charge in [0.15, 0.2) is 5.78 Å². The molecule has 0 saturated carbocycles. The van der Waals surface area contributed by atoms with Crippen LogP contribution in [0.2, 0.25) is 0 Å². The molecule has 124 valence electrons. The molecule has 0 bridgehead atoms. The van der Waals surface area contributed by atoms with Gasteiger partial charge in [0.2, 0.25) is 0 Å². The van der Waals surface area contributed by atoms with E-state index in [0.717, 1.165) is 12.1 Å². The summed E-state index contributed by atoms with van der Waals surface area (Å²) in [6.45, 7) is 0.